The van der Waals surface area contributed by atoms with Crippen molar-refractivity contribution in [2.45, 2.75) is 38.5 Å². The Morgan fingerprint density at radius 2 is 1.09 bits per heavy atom. The van der Waals surface area contributed by atoms with Crippen molar-refractivity contribution < 1.29 is 14.7 Å². The van der Waals surface area contributed by atoms with Crippen LogP contribution in [-0.2, 0) is 0 Å². The van der Waals surface area contributed by atoms with Crippen molar-refractivity contribution in [1.82, 2.24) is 44.8 Å². The second-order valence-corrected chi connectivity index (χ2v) is 14.9. The number of carboxylic acid groups (broad SMARTS) is 1. The zero-order valence-electron chi connectivity index (χ0n) is 29.7. The van der Waals surface area contributed by atoms with E-state index in [1.165, 1.54) is 22.6 Å². The summed E-state index contributed by atoms with van der Waals surface area (Å²) in [6.07, 6.45) is 12.0. The number of aromatic carboxylic acids is 1. The normalized spacial score (nSPS) is 12.1. The van der Waals surface area contributed by atoms with Gasteiger partial charge in [-0.15, -0.1) is 0 Å². The predicted octanol–water partition coefficient (Wildman–Crippen LogP) is 6.24. The van der Waals surface area contributed by atoms with Crippen LogP contribution < -0.4 is 16.2 Å². The molecule has 0 bridgehead atoms. The molecule has 0 saturated heterocycles. The molecule has 1 fully saturated rings. The Balaban J connectivity index is 0.000000161. The molecule has 1 amide bonds. The molecule has 57 heavy (non-hydrogen) atoms. The van der Waals surface area contributed by atoms with E-state index in [1.54, 1.807) is 77.8 Å². The van der Waals surface area contributed by atoms with E-state index in [0.717, 1.165) is 32.4 Å². The molecule has 1 aliphatic carbocycles. The van der Waals surface area contributed by atoms with Gasteiger partial charge in [-0.2, -0.15) is 10.2 Å². The molecular weight excluding hydrogens is 763 g/mol. The molecule has 0 unspecified atom stereocenters. The summed E-state index contributed by atoms with van der Waals surface area (Å²) >= 11 is 3.08. The number of nitrogens with one attached hydrogen (secondary N) is 1. The molecule has 14 nitrogen and oxygen atoms in total. The average Bonchev–Trinajstić information content (AvgIpc) is 4.06. The van der Waals surface area contributed by atoms with Crippen LogP contribution in [0, 0.1) is 0 Å². The number of carbonyl (C=O) groups is 2. The monoisotopic (exact) mass is 791 g/mol. The molecule has 2 N–H and O–H groups in total. The Morgan fingerprint density at radius 3 is 1.56 bits per heavy atom. The van der Waals surface area contributed by atoms with E-state index in [0.29, 0.717) is 28.1 Å². The van der Waals surface area contributed by atoms with Crippen LogP contribution in [0.25, 0.3) is 33.4 Å². The number of pyridine rings is 4. The minimum Gasteiger partial charge on any atom is -0.476 e. The summed E-state index contributed by atoms with van der Waals surface area (Å²) in [4.78, 5) is 70.0. The molecule has 0 atom stereocenters. The van der Waals surface area contributed by atoms with Crippen molar-refractivity contribution in [1.29, 1.82) is 0 Å². The Labute approximate surface area is 331 Å². The molecule has 8 aromatic rings. The molecule has 16 heteroatoms. The molecule has 1 aliphatic rings. The number of carboxylic acids is 1. The number of hydrogen-bond donors (Lipinski definition) is 2. The van der Waals surface area contributed by atoms with Gasteiger partial charge < -0.3 is 10.4 Å². The highest BCUT2D eigenvalue weighted by Gasteiger charge is 2.27. The maximum Gasteiger partial charge on any atom is 0.360 e. The van der Waals surface area contributed by atoms with Crippen LogP contribution in [0.2, 0.25) is 0 Å². The number of rotatable bonds is 9. The predicted molar refractivity (Wildman–Crippen MR) is 214 cm³/mol. The maximum atomic E-state index is 12.9. The van der Waals surface area contributed by atoms with E-state index in [4.69, 9.17) is 0 Å². The molecular formula is C41H29N9O5S2. The van der Waals surface area contributed by atoms with Crippen LogP contribution >= 0.6 is 23.5 Å². The molecule has 0 radical (unpaired) electrons. The van der Waals surface area contributed by atoms with Gasteiger partial charge in [-0.1, -0.05) is 35.7 Å². The van der Waals surface area contributed by atoms with Crippen molar-refractivity contribution >= 4 is 57.5 Å². The van der Waals surface area contributed by atoms with Gasteiger partial charge in [0, 0.05) is 62.8 Å². The fourth-order valence-corrected chi connectivity index (χ4v) is 7.42. The van der Waals surface area contributed by atoms with Gasteiger partial charge in [0.25, 0.3) is 5.91 Å². The van der Waals surface area contributed by atoms with E-state index in [-0.39, 0.29) is 17.1 Å². The lowest BCUT2D eigenvalue weighted by Crippen LogP contribution is -2.33. The van der Waals surface area contributed by atoms with Crippen molar-refractivity contribution in [3.05, 3.63) is 166 Å². The van der Waals surface area contributed by atoms with Crippen LogP contribution in [0.3, 0.4) is 0 Å². The molecule has 0 spiro atoms. The fourth-order valence-electron chi connectivity index (χ4n) is 5.70. The van der Waals surface area contributed by atoms with E-state index < -0.39 is 28.4 Å². The number of nitrogens with zero attached hydrogens (tertiary/aromatic N) is 8. The van der Waals surface area contributed by atoms with Gasteiger partial charge in [-0.25, -0.2) is 24.1 Å². The molecule has 2 aromatic carbocycles. The largest absolute Gasteiger partial charge is 0.476 e. The Hall–Kier alpha value is -7.04. The van der Waals surface area contributed by atoms with E-state index in [9.17, 15) is 24.3 Å². The summed E-state index contributed by atoms with van der Waals surface area (Å²) in [6.45, 7) is 0. The van der Waals surface area contributed by atoms with Gasteiger partial charge >= 0.3 is 5.97 Å². The zero-order chi connectivity index (χ0) is 39.3. The summed E-state index contributed by atoms with van der Waals surface area (Å²) in [5, 5.41) is 21.2. The first-order valence-corrected chi connectivity index (χ1v) is 19.1. The van der Waals surface area contributed by atoms with Crippen molar-refractivity contribution in [2.75, 3.05) is 0 Å². The lowest BCUT2D eigenvalue weighted by Gasteiger charge is -2.12. The summed E-state index contributed by atoms with van der Waals surface area (Å²) in [5.41, 5.74) is 0.317. The number of fused-ring (bicyclic) bond motifs is 2. The van der Waals surface area contributed by atoms with Crippen molar-refractivity contribution in [2.24, 2.45) is 0 Å². The lowest BCUT2D eigenvalue weighted by molar-refractivity contribution is 0.0687. The quantitative estimate of drug-likeness (QED) is 0.167. The standard InChI is InChI=1S/C22H17N5O2S.C19H12N4O3S/c28-20-18-7-3-11-24-21(18)27(26-19(20)22(29)25-14-8-9-14)15-4-1-5-16(12-15)30-17-6-2-10-23-13-17;24-17-15-7-3-9-21-18(15)23(22-16(17)19(25)26)12-4-1-5-13(10-12)27-14-6-2-8-20-11-14/h1-7,10-14H,8-9H2,(H,25,29);1-11H,(H,25,26). The smallest absolute Gasteiger partial charge is 0.360 e. The summed E-state index contributed by atoms with van der Waals surface area (Å²) in [5.74, 6) is -1.82. The molecule has 6 heterocycles. The van der Waals surface area contributed by atoms with Gasteiger partial charge in [-0.05, 0) is 97.8 Å². The Bertz CT molecular complexity index is 2910. The van der Waals surface area contributed by atoms with Gasteiger partial charge in [0.1, 0.15) is 0 Å². The maximum absolute atomic E-state index is 12.9. The number of hydrogen-bond acceptors (Lipinski definition) is 12. The van der Waals surface area contributed by atoms with Gasteiger partial charge in [0.15, 0.2) is 17.0 Å². The second kappa shape index (κ2) is 16.4. The minimum atomic E-state index is -1.37. The summed E-state index contributed by atoms with van der Waals surface area (Å²) in [6, 6.07) is 29.4. The third kappa shape index (κ3) is 8.31. The van der Waals surface area contributed by atoms with Gasteiger partial charge in [0.2, 0.25) is 16.6 Å². The van der Waals surface area contributed by atoms with Crippen LogP contribution in [0.5, 0.6) is 0 Å². The highest BCUT2D eigenvalue weighted by Crippen LogP contribution is 2.30. The number of carbonyl (C=O) groups excluding carboxylic acids is 1. The number of amides is 1. The van der Waals surface area contributed by atoms with Crippen molar-refractivity contribution in [3.63, 3.8) is 0 Å². The molecule has 0 aliphatic heterocycles. The minimum absolute atomic E-state index is 0.118. The van der Waals surface area contributed by atoms with Crippen molar-refractivity contribution in [3.8, 4) is 11.4 Å². The Kier molecular flexibility index (Phi) is 10.6. The van der Waals surface area contributed by atoms with E-state index in [1.807, 2.05) is 66.7 Å². The van der Waals surface area contributed by atoms with Crippen LogP contribution in [-0.4, -0.2) is 62.5 Å². The molecule has 9 rings (SSSR count). The van der Waals surface area contributed by atoms with Crippen LogP contribution in [0.15, 0.2) is 163 Å². The average molecular weight is 792 g/mol. The lowest BCUT2D eigenvalue weighted by atomic mass is 10.2. The third-order valence-corrected chi connectivity index (χ3v) is 10.4. The second-order valence-electron chi connectivity index (χ2n) is 12.6. The molecule has 1 saturated carbocycles. The summed E-state index contributed by atoms with van der Waals surface area (Å²) < 4.78 is 2.94. The first kappa shape index (κ1) is 36.9. The molecule has 280 valence electrons. The first-order chi connectivity index (χ1) is 27.8. The highest BCUT2D eigenvalue weighted by atomic mass is 32.2. The highest BCUT2D eigenvalue weighted by molar-refractivity contribution is 7.99. The van der Waals surface area contributed by atoms with Crippen LogP contribution in [0.1, 0.15) is 33.8 Å². The zero-order valence-corrected chi connectivity index (χ0v) is 31.3. The fraction of sp³-hybridized carbons (Fsp3) is 0.0732. The van der Waals surface area contributed by atoms with Gasteiger partial charge in [-0.3, -0.25) is 24.4 Å². The van der Waals surface area contributed by atoms with Gasteiger partial charge in [0.05, 0.1) is 22.1 Å². The first-order valence-electron chi connectivity index (χ1n) is 17.5. The number of benzene rings is 2. The Morgan fingerprint density at radius 1 is 0.614 bits per heavy atom. The van der Waals surface area contributed by atoms with Crippen LogP contribution in [0.4, 0.5) is 0 Å². The summed E-state index contributed by atoms with van der Waals surface area (Å²) in [7, 11) is 0. The van der Waals surface area contributed by atoms with E-state index >= 15 is 0 Å². The topological polar surface area (TPSA) is 188 Å². The number of aromatic nitrogens is 8. The molecule has 6 aromatic heterocycles. The SMILES string of the molecule is O=C(NC1CC1)c1nn(-c2cccc(Sc3cccnc3)c2)c2ncccc2c1=O.O=C(O)c1nn(-c2cccc(Sc3cccnc3)c2)c2ncccc2c1=O. The van der Waals surface area contributed by atoms with E-state index in [2.05, 4.69) is 35.5 Å². The third-order valence-electron chi connectivity index (χ3n) is 8.49.